The van der Waals surface area contributed by atoms with E-state index < -0.39 is 0 Å². The summed E-state index contributed by atoms with van der Waals surface area (Å²) in [6, 6.07) is 2.07. The number of nitrogens with one attached hydrogen (secondary N) is 1. The van der Waals surface area contributed by atoms with Crippen molar-refractivity contribution in [2.24, 2.45) is 0 Å². The Morgan fingerprint density at radius 3 is 2.86 bits per heavy atom. The Hall–Kier alpha value is -1.24. The standard InChI is InChI=1S/C10H16N2O2/c1-2-3-8-14-9(13)12-10(4-5-10)6-7-11/h2-6,8H2,1H3,(H,12,13). The van der Waals surface area contributed by atoms with Crippen LogP contribution in [0.3, 0.4) is 0 Å². The summed E-state index contributed by atoms with van der Waals surface area (Å²) >= 11 is 0. The van der Waals surface area contributed by atoms with Crippen LogP contribution in [0.5, 0.6) is 0 Å². The van der Waals surface area contributed by atoms with Gasteiger partial charge in [-0.25, -0.2) is 4.79 Å². The van der Waals surface area contributed by atoms with Gasteiger partial charge in [0.15, 0.2) is 0 Å². The van der Waals surface area contributed by atoms with Gasteiger partial charge in [-0.05, 0) is 19.3 Å². The van der Waals surface area contributed by atoms with E-state index in [1.807, 2.05) is 6.92 Å². The molecule has 1 saturated carbocycles. The minimum atomic E-state index is -0.383. The number of ether oxygens (including phenoxy) is 1. The fraction of sp³-hybridized carbons (Fsp3) is 0.800. The molecule has 1 aliphatic rings. The van der Waals surface area contributed by atoms with E-state index in [2.05, 4.69) is 11.4 Å². The molecule has 14 heavy (non-hydrogen) atoms. The molecule has 0 unspecified atom stereocenters. The van der Waals surface area contributed by atoms with Crippen molar-refractivity contribution < 1.29 is 9.53 Å². The summed E-state index contributed by atoms with van der Waals surface area (Å²) in [7, 11) is 0. The third-order valence-electron chi connectivity index (χ3n) is 2.37. The topological polar surface area (TPSA) is 62.1 Å². The lowest BCUT2D eigenvalue weighted by Crippen LogP contribution is -2.37. The van der Waals surface area contributed by atoms with Crippen molar-refractivity contribution in [1.29, 1.82) is 5.26 Å². The first-order valence-corrected chi connectivity index (χ1v) is 5.04. The first-order chi connectivity index (χ1) is 6.72. The van der Waals surface area contributed by atoms with Gasteiger partial charge in [0, 0.05) is 0 Å². The first-order valence-electron chi connectivity index (χ1n) is 5.04. The molecule has 78 valence electrons. The third-order valence-corrected chi connectivity index (χ3v) is 2.37. The third kappa shape index (κ3) is 3.25. The Morgan fingerprint density at radius 1 is 1.64 bits per heavy atom. The number of unbranched alkanes of at least 4 members (excludes halogenated alkanes) is 1. The maximum atomic E-state index is 11.2. The zero-order valence-electron chi connectivity index (χ0n) is 8.51. The fourth-order valence-electron chi connectivity index (χ4n) is 1.21. The number of amides is 1. The van der Waals surface area contributed by atoms with Crippen LogP contribution in [-0.4, -0.2) is 18.2 Å². The molecule has 0 atom stereocenters. The van der Waals surface area contributed by atoms with E-state index >= 15 is 0 Å². The van der Waals surface area contributed by atoms with Crippen molar-refractivity contribution in [3.63, 3.8) is 0 Å². The van der Waals surface area contributed by atoms with Crippen LogP contribution >= 0.6 is 0 Å². The largest absolute Gasteiger partial charge is 0.450 e. The molecule has 1 rings (SSSR count). The van der Waals surface area contributed by atoms with Crippen LogP contribution in [0.25, 0.3) is 0 Å². The minimum absolute atomic E-state index is 0.266. The highest BCUT2D eigenvalue weighted by Gasteiger charge is 2.44. The molecule has 1 amide bonds. The van der Waals surface area contributed by atoms with E-state index in [1.165, 1.54) is 0 Å². The molecule has 0 aliphatic heterocycles. The summed E-state index contributed by atoms with van der Waals surface area (Å²) in [5.74, 6) is 0. The number of hydrogen-bond donors (Lipinski definition) is 1. The van der Waals surface area contributed by atoms with Crippen LogP contribution in [0.4, 0.5) is 4.79 Å². The molecule has 0 bridgehead atoms. The number of rotatable bonds is 5. The highest BCUT2D eigenvalue weighted by molar-refractivity contribution is 5.69. The average molecular weight is 196 g/mol. The minimum Gasteiger partial charge on any atom is -0.450 e. The summed E-state index contributed by atoms with van der Waals surface area (Å²) in [4.78, 5) is 11.2. The lowest BCUT2D eigenvalue weighted by Gasteiger charge is -2.13. The van der Waals surface area contributed by atoms with Crippen LogP contribution in [0.15, 0.2) is 0 Å². The summed E-state index contributed by atoms with van der Waals surface area (Å²) < 4.78 is 4.95. The predicted octanol–water partition coefficient (Wildman–Crippen LogP) is 1.96. The van der Waals surface area contributed by atoms with Gasteiger partial charge in [-0.15, -0.1) is 0 Å². The second-order valence-electron chi connectivity index (χ2n) is 3.73. The van der Waals surface area contributed by atoms with Gasteiger partial charge >= 0.3 is 6.09 Å². The normalized spacial score (nSPS) is 16.9. The molecule has 0 radical (unpaired) electrons. The molecule has 4 heteroatoms. The zero-order chi connectivity index (χ0) is 10.4. The van der Waals surface area contributed by atoms with Crippen LogP contribution in [-0.2, 0) is 4.74 Å². The zero-order valence-corrected chi connectivity index (χ0v) is 8.51. The van der Waals surface area contributed by atoms with Crippen LogP contribution in [0, 0.1) is 11.3 Å². The molecule has 0 heterocycles. The van der Waals surface area contributed by atoms with Crippen molar-refractivity contribution >= 4 is 6.09 Å². The van der Waals surface area contributed by atoms with Crippen molar-refractivity contribution in [3.8, 4) is 6.07 Å². The lowest BCUT2D eigenvalue weighted by atomic mass is 10.2. The first kappa shape index (κ1) is 10.8. The predicted molar refractivity (Wildman–Crippen MR) is 51.6 cm³/mol. The van der Waals surface area contributed by atoms with Gasteiger partial charge in [-0.1, -0.05) is 13.3 Å². The monoisotopic (exact) mass is 196 g/mol. The van der Waals surface area contributed by atoms with E-state index in [1.54, 1.807) is 0 Å². The van der Waals surface area contributed by atoms with Gasteiger partial charge in [0.05, 0.1) is 24.6 Å². The maximum absolute atomic E-state index is 11.2. The molecule has 0 aromatic rings. The highest BCUT2D eigenvalue weighted by atomic mass is 16.5. The molecule has 1 fully saturated rings. The van der Waals surface area contributed by atoms with E-state index in [4.69, 9.17) is 10.00 Å². The smallest absolute Gasteiger partial charge is 0.407 e. The number of carbonyl (C=O) groups excluding carboxylic acids is 1. The number of hydrogen-bond acceptors (Lipinski definition) is 3. The number of nitriles is 1. The van der Waals surface area contributed by atoms with Gasteiger partial charge in [0.2, 0.25) is 0 Å². The molecule has 1 aliphatic carbocycles. The summed E-state index contributed by atoms with van der Waals surface area (Å²) in [5.41, 5.74) is -0.266. The van der Waals surface area contributed by atoms with Crippen molar-refractivity contribution in [2.45, 2.75) is 44.6 Å². The van der Waals surface area contributed by atoms with E-state index in [0.29, 0.717) is 13.0 Å². The maximum Gasteiger partial charge on any atom is 0.407 e. The number of nitrogens with zero attached hydrogens (tertiary/aromatic N) is 1. The molecule has 0 spiro atoms. The Labute approximate surface area is 84.2 Å². The molecular formula is C10H16N2O2. The summed E-state index contributed by atoms with van der Waals surface area (Å²) in [6.07, 6.45) is 3.68. The average Bonchev–Trinajstić information content (AvgIpc) is 2.86. The van der Waals surface area contributed by atoms with Crippen LogP contribution in [0.1, 0.15) is 39.0 Å². The summed E-state index contributed by atoms with van der Waals surface area (Å²) in [6.45, 7) is 2.50. The Bertz CT molecular complexity index is 241. The molecule has 4 nitrogen and oxygen atoms in total. The van der Waals surface area contributed by atoms with Crippen molar-refractivity contribution in [1.82, 2.24) is 5.32 Å². The SMILES string of the molecule is CCCCOC(=O)NC1(CC#N)CC1. The second kappa shape index (κ2) is 4.85. The fourth-order valence-corrected chi connectivity index (χ4v) is 1.21. The van der Waals surface area contributed by atoms with E-state index in [-0.39, 0.29) is 11.6 Å². The Morgan fingerprint density at radius 2 is 2.36 bits per heavy atom. The van der Waals surface area contributed by atoms with Crippen LogP contribution < -0.4 is 5.32 Å². The van der Waals surface area contributed by atoms with Crippen molar-refractivity contribution in [2.75, 3.05) is 6.61 Å². The molecule has 0 saturated heterocycles. The summed E-state index contributed by atoms with van der Waals surface area (Å²) in [5, 5.41) is 11.3. The molecule has 1 N–H and O–H groups in total. The van der Waals surface area contributed by atoms with E-state index in [0.717, 1.165) is 25.7 Å². The van der Waals surface area contributed by atoms with Crippen LogP contribution in [0.2, 0.25) is 0 Å². The Balaban J connectivity index is 2.17. The Kier molecular flexibility index (Phi) is 3.75. The molecular weight excluding hydrogens is 180 g/mol. The highest BCUT2D eigenvalue weighted by Crippen LogP contribution is 2.38. The number of carbonyl (C=O) groups is 1. The lowest BCUT2D eigenvalue weighted by molar-refractivity contribution is 0.139. The second-order valence-corrected chi connectivity index (χ2v) is 3.73. The molecule has 0 aromatic heterocycles. The number of alkyl carbamates (subject to hydrolysis) is 1. The van der Waals surface area contributed by atoms with Gasteiger partial charge in [-0.3, -0.25) is 0 Å². The van der Waals surface area contributed by atoms with Gasteiger partial charge in [-0.2, -0.15) is 5.26 Å². The van der Waals surface area contributed by atoms with Crippen molar-refractivity contribution in [3.05, 3.63) is 0 Å². The van der Waals surface area contributed by atoms with Gasteiger partial charge in [0.25, 0.3) is 0 Å². The molecule has 0 aromatic carbocycles. The van der Waals surface area contributed by atoms with E-state index in [9.17, 15) is 4.79 Å². The quantitative estimate of drug-likeness (QED) is 0.684. The van der Waals surface area contributed by atoms with Gasteiger partial charge < -0.3 is 10.1 Å². The van der Waals surface area contributed by atoms with Gasteiger partial charge in [0.1, 0.15) is 0 Å².